The van der Waals surface area contributed by atoms with Crippen LogP contribution in [0.1, 0.15) is 0 Å². The number of halogens is 2. The minimum Gasteiger partial charge on any atom is -0.323 e. The van der Waals surface area contributed by atoms with Crippen molar-refractivity contribution in [3.63, 3.8) is 0 Å². The Labute approximate surface area is 146 Å². The molecule has 0 spiro atoms. The maximum Gasteiger partial charge on any atom is 0.234 e. The van der Waals surface area contributed by atoms with Gasteiger partial charge >= 0.3 is 0 Å². The largest absolute Gasteiger partial charge is 0.323 e. The Bertz CT molecular complexity index is 862. The van der Waals surface area contributed by atoms with Crippen LogP contribution >= 0.6 is 35.0 Å². The number of carbonyl (C=O) groups excluding carboxylic acids is 1. The van der Waals surface area contributed by atoms with Crippen molar-refractivity contribution in [2.45, 2.75) is 5.03 Å². The molecule has 0 aliphatic heterocycles. The summed E-state index contributed by atoms with van der Waals surface area (Å²) in [6.45, 7) is 0. The Hall–Kier alpha value is -1.83. The number of para-hydroxylation sites is 1. The lowest BCUT2D eigenvalue weighted by Crippen LogP contribution is -2.14. The molecule has 0 unspecified atom stereocenters. The topological polar surface area (TPSA) is 72.7 Å². The molecule has 118 valence electrons. The van der Waals surface area contributed by atoms with Crippen LogP contribution in [0.5, 0.6) is 0 Å². The second-order valence-corrected chi connectivity index (χ2v) is 6.40. The van der Waals surface area contributed by atoms with Crippen molar-refractivity contribution < 1.29 is 4.79 Å². The van der Waals surface area contributed by atoms with Gasteiger partial charge in [0.15, 0.2) is 5.65 Å². The van der Waals surface area contributed by atoms with E-state index in [0.29, 0.717) is 20.8 Å². The first kappa shape index (κ1) is 16.0. The lowest BCUT2D eigenvalue weighted by Gasteiger charge is -2.08. The number of aromatic nitrogens is 4. The molecule has 0 aliphatic carbocycles. The van der Waals surface area contributed by atoms with Crippen molar-refractivity contribution in [1.82, 2.24) is 19.7 Å². The predicted octanol–water partition coefficient (Wildman–Crippen LogP) is 3.40. The number of thioether (sulfide) groups is 1. The number of rotatable bonds is 4. The molecule has 0 saturated carbocycles. The highest BCUT2D eigenvalue weighted by Crippen LogP contribution is 2.30. The lowest BCUT2D eigenvalue weighted by molar-refractivity contribution is -0.113. The number of aryl methyl sites for hydroxylation is 1. The minimum absolute atomic E-state index is 0.169. The third-order valence-electron chi connectivity index (χ3n) is 3.06. The molecule has 3 aromatic rings. The van der Waals surface area contributed by atoms with E-state index in [-0.39, 0.29) is 11.7 Å². The van der Waals surface area contributed by atoms with Gasteiger partial charge in [0.1, 0.15) is 11.4 Å². The van der Waals surface area contributed by atoms with Gasteiger partial charge in [0.05, 0.1) is 33.1 Å². The van der Waals surface area contributed by atoms with E-state index in [9.17, 15) is 4.79 Å². The van der Waals surface area contributed by atoms with Crippen LogP contribution in [0.3, 0.4) is 0 Å². The van der Waals surface area contributed by atoms with Crippen LogP contribution in [0.2, 0.25) is 10.0 Å². The zero-order chi connectivity index (χ0) is 16.4. The highest BCUT2D eigenvalue weighted by Gasteiger charge is 2.13. The molecule has 0 fully saturated rings. The summed E-state index contributed by atoms with van der Waals surface area (Å²) in [5.74, 6) is -0.0524. The number of anilines is 1. The van der Waals surface area contributed by atoms with Gasteiger partial charge in [-0.05, 0) is 12.1 Å². The number of carbonyl (C=O) groups is 1. The standard InChI is InChI=1S/C14H11Cl2N5OS/c1-21-13-8(5-19-21)14(18-7-17-13)23-6-11(22)20-12-9(15)3-2-4-10(12)16/h2-5,7H,6H2,1H3,(H,20,22). The molecule has 0 bridgehead atoms. The summed E-state index contributed by atoms with van der Waals surface area (Å²) < 4.78 is 1.66. The maximum atomic E-state index is 12.1. The van der Waals surface area contributed by atoms with Gasteiger partial charge in [-0.15, -0.1) is 0 Å². The van der Waals surface area contributed by atoms with Gasteiger partial charge in [-0.25, -0.2) is 9.97 Å². The second-order valence-electron chi connectivity index (χ2n) is 4.62. The van der Waals surface area contributed by atoms with Gasteiger partial charge < -0.3 is 5.32 Å². The quantitative estimate of drug-likeness (QED) is 0.565. The van der Waals surface area contributed by atoms with Crippen molar-refractivity contribution in [1.29, 1.82) is 0 Å². The van der Waals surface area contributed by atoms with Crippen LogP contribution in [0.15, 0.2) is 35.7 Å². The number of amides is 1. The molecule has 0 radical (unpaired) electrons. The molecule has 1 aromatic carbocycles. The Balaban J connectivity index is 1.71. The third kappa shape index (κ3) is 3.41. The summed E-state index contributed by atoms with van der Waals surface area (Å²) in [6.07, 6.45) is 3.13. The van der Waals surface area contributed by atoms with Gasteiger partial charge in [0, 0.05) is 7.05 Å². The lowest BCUT2D eigenvalue weighted by atomic mass is 10.3. The van der Waals surface area contributed by atoms with Gasteiger partial charge in [-0.3, -0.25) is 9.48 Å². The van der Waals surface area contributed by atoms with E-state index < -0.39 is 0 Å². The van der Waals surface area contributed by atoms with E-state index >= 15 is 0 Å². The normalized spacial score (nSPS) is 10.9. The van der Waals surface area contributed by atoms with E-state index in [1.165, 1.54) is 18.1 Å². The summed E-state index contributed by atoms with van der Waals surface area (Å²) in [6, 6.07) is 5.05. The van der Waals surface area contributed by atoms with E-state index in [2.05, 4.69) is 20.4 Å². The Morgan fingerprint density at radius 3 is 2.78 bits per heavy atom. The third-order valence-corrected chi connectivity index (χ3v) is 4.70. The van der Waals surface area contributed by atoms with E-state index in [1.807, 2.05) is 0 Å². The SMILES string of the molecule is Cn1ncc2c(SCC(=O)Nc3c(Cl)cccc3Cl)ncnc21. The molecular weight excluding hydrogens is 357 g/mol. The highest BCUT2D eigenvalue weighted by atomic mass is 35.5. The van der Waals surface area contributed by atoms with Gasteiger partial charge in [0.2, 0.25) is 5.91 Å². The smallest absolute Gasteiger partial charge is 0.234 e. The Morgan fingerprint density at radius 1 is 1.30 bits per heavy atom. The molecular formula is C14H11Cl2N5OS. The van der Waals surface area contributed by atoms with Crippen LogP contribution in [-0.2, 0) is 11.8 Å². The van der Waals surface area contributed by atoms with Crippen molar-refractivity contribution in [2.75, 3.05) is 11.1 Å². The van der Waals surface area contributed by atoms with Crippen molar-refractivity contribution in [3.8, 4) is 0 Å². The maximum absolute atomic E-state index is 12.1. The summed E-state index contributed by atoms with van der Waals surface area (Å²) in [5, 5.41) is 9.15. The summed E-state index contributed by atoms with van der Waals surface area (Å²) in [7, 11) is 1.80. The highest BCUT2D eigenvalue weighted by molar-refractivity contribution is 8.00. The molecule has 3 rings (SSSR count). The fourth-order valence-electron chi connectivity index (χ4n) is 1.98. The average Bonchev–Trinajstić information content (AvgIpc) is 2.91. The molecule has 0 aliphatic rings. The fraction of sp³-hybridized carbons (Fsp3) is 0.143. The first-order chi connectivity index (χ1) is 11.1. The van der Waals surface area contributed by atoms with Gasteiger partial charge in [0.25, 0.3) is 0 Å². The zero-order valence-corrected chi connectivity index (χ0v) is 14.3. The molecule has 23 heavy (non-hydrogen) atoms. The van der Waals surface area contributed by atoms with Crippen LogP contribution in [0.25, 0.3) is 11.0 Å². The molecule has 2 heterocycles. The van der Waals surface area contributed by atoms with Crippen LogP contribution in [0.4, 0.5) is 5.69 Å². The molecule has 0 saturated heterocycles. The van der Waals surface area contributed by atoms with Crippen molar-refractivity contribution >= 4 is 57.6 Å². The number of hydrogen-bond acceptors (Lipinski definition) is 5. The minimum atomic E-state index is -0.222. The number of benzene rings is 1. The molecule has 6 nitrogen and oxygen atoms in total. The Morgan fingerprint density at radius 2 is 2.04 bits per heavy atom. The summed E-state index contributed by atoms with van der Waals surface area (Å²) in [5.41, 5.74) is 1.13. The number of nitrogens with zero attached hydrogens (tertiary/aromatic N) is 4. The first-order valence-corrected chi connectivity index (χ1v) is 8.30. The number of fused-ring (bicyclic) bond motifs is 1. The molecule has 2 aromatic heterocycles. The van der Waals surface area contributed by atoms with Crippen LogP contribution in [0, 0.1) is 0 Å². The zero-order valence-electron chi connectivity index (χ0n) is 12.0. The van der Waals surface area contributed by atoms with E-state index in [0.717, 1.165) is 11.0 Å². The van der Waals surface area contributed by atoms with Crippen LogP contribution < -0.4 is 5.32 Å². The average molecular weight is 368 g/mol. The molecule has 1 N–H and O–H groups in total. The van der Waals surface area contributed by atoms with Crippen LogP contribution in [-0.4, -0.2) is 31.4 Å². The molecule has 1 amide bonds. The predicted molar refractivity (Wildman–Crippen MR) is 92.1 cm³/mol. The van der Waals surface area contributed by atoms with E-state index in [4.69, 9.17) is 23.2 Å². The van der Waals surface area contributed by atoms with Gasteiger partial charge in [-0.1, -0.05) is 41.0 Å². The first-order valence-electron chi connectivity index (χ1n) is 6.55. The Kier molecular flexibility index (Phi) is 4.70. The van der Waals surface area contributed by atoms with E-state index in [1.54, 1.807) is 36.1 Å². The fourth-order valence-corrected chi connectivity index (χ4v) is 3.24. The van der Waals surface area contributed by atoms with Crippen molar-refractivity contribution in [3.05, 3.63) is 40.8 Å². The summed E-state index contributed by atoms with van der Waals surface area (Å²) >= 11 is 13.4. The summed E-state index contributed by atoms with van der Waals surface area (Å²) in [4.78, 5) is 20.5. The number of nitrogens with one attached hydrogen (secondary N) is 1. The molecule has 9 heteroatoms. The van der Waals surface area contributed by atoms with Gasteiger partial charge in [-0.2, -0.15) is 5.10 Å². The monoisotopic (exact) mass is 367 g/mol. The van der Waals surface area contributed by atoms with Crippen molar-refractivity contribution in [2.24, 2.45) is 7.05 Å². The number of hydrogen-bond donors (Lipinski definition) is 1. The molecule has 0 atom stereocenters. The second kappa shape index (κ2) is 6.74.